The molecule has 5 nitrogen and oxygen atoms in total. The highest BCUT2D eigenvalue weighted by molar-refractivity contribution is 5.80. The van der Waals surface area contributed by atoms with E-state index in [1.165, 1.54) is 0 Å². The first-order valence-electron chi connectivity index (χ1n) is 5.26. The van der Waals surface area contributed by atoms with Gasteiger partial charge in [-0.15, -0.1) is 0 Å². The first-order valence-corrected chi connectivity index (χ1v) is 5.26. The van der Waals surface area contributed by atoms with E-state index < -0.39 is 0 Å². The van der Waals surface area contributed by atoms with Crippen LogP contribution in [0.15, 0.2) is 0 Å². The SMILES string of the molecule is CC(C)N(C)C(=O)CNC1CNC(=O)C1. The maximum atomic E-state index is 11.6. The number of amides is 2. The van der Waals surface area contributed by atoms with Crippen LogP contribution in [0.4, 0.5) is 0 Å². The second-order valence-electron chi connectivity index (χ2n) is 4.18. The minimum atomic E-state index is 0.0529. The molecule has 0 aliphatic carbocycles. The Kier molecular flexibility index (Phi) is 4.08. The van der Waals surface area contributed by atoms with Gasteiger partial charge >= 0.3 is 0 Å². The van der Waals surface area contributed by atoms with Gasteiger partial charge in [0, 0.05) is 32.1 Å². The molecule has 1 heterocycles. The third-order valence-corrected chi connectivity index (χ3v) is 2.69. The summed E-state index contributed by atoms with van der Waals surface area (Å²) in [5.41, 5.74) is 0. The van der Waals surface area contributed by atoms with Crippen molar-refractivity contribution in [3.8, 4) is 0 Å². The summed E-state index contributed by atoms with van der Waals surface area (Å²) in [6, 6.07) is 0.310. The molecule has 1 atom stereocenters. The average Bonchev–Trinajstić information content (AvgIpc) is 2.59. The van der Waals surface area contributed by atoms with E-state index in [4.69, 9.17) is 0 Å². The van der Waals surface area contributed by atoms with Crippen molar-refractivity contribution in [2.75, 3.05) is 20.1 Å². The molecule has 15 heavy (non-hydrogen) atoms. The molecule has 5 heteroatoms. The zero-order chi connectivity index (χ0) is 11.4. The molecule has 0 saturated carbocycles. The number of carbonyl (C=O) groups excluding carboxylic acids is 2. The van der Waals surface area contributed by atoms with Crippen LogP contribution in [0.2, 0.25) is 0 Å². The maximum Gasteiger partial charge on any atom is 0.236 e. The van der Waals surface area contributed by atoms with Crippen molar-refractivity contribution in [1.82, 2.24) is 15.5 Å². The molecule has 0 radical (unpaired) electrons. The molecule has 0 bridgehead atoms. The number of carbonyl (C=O) groups is 2. The predicted molar refractivity (Wildman–Crippen MR) is 57.3 cm³/mol. The van der Waals surface area contributed by atoms with Crippen LogP contribution in [0.3, 0.4) is 0 Å². The fourth-order valence-electron chi connectivity index (χ4n) is 1.39. The van der Waals surface area contributed by atoms with E-state index in [9.17, 15) is 9.59 Å². The van der Waals surface area contributed by atoms with E-state index in [1.54, 1.807) is 11.9 Å². The monoisotopic (exact) mass is 213 g/mol. The number of rotatable bonds is 4. The highest BCUT2D eigenvalue weighted by Crippen LogP contribution is 1.99. The van der Waals surface area contributed by atoms with Crippen LogP contribution in [0.25, 0.3) is 0 Å². The molecule has 1 rings (SSSR count). The lowest BCUT2D eigenvalue weighted by molar-refractivity contribution is -0.130. The highest BCUT2D eigenvalue weighted by Gasteiger charge is 2.22. The highest BCUT2D eigenvalue weighted by atomic mass is 16.2. The summed E-state index contributed by atoms with van der Waals surface area (Å²) in [6.07, 6.45) is 0.471. The van der Waals surface area contributed by atoms with Gasteiger partial charge in [0.1, 0.15) is 0 Å². The van der Waals surface area contributed by atoms with E-state index in [1.807, 2.05) is 13.8 Å². The summed E-state index contributed by atoms with van der Waals surface area (Å²) in [7, 11) is 1.78. The Labute approximate surface area is 90.2 Å². The summed E-state index contributed by atoms with van der Waals surface area (Å²) in [5, 5.41) is 5.79. The number of likely N-dealkylation sites (N-methyl/N-ethyl adjacent to an activating group) is 1. The Hall–Kier alpha value is -1.10. The van der Waals surface area contributed by atoms with Crippen molar-refractivity contribution >= 4 is 11.8 Å². The van der Waals surface area contributed by atoms with Crippen LogP contribution in [0, 0.1) is 0 Å². The molecule has 86 valence electrons. The number of nitrogens with one attached hydrogen (secondary N) is 2. The van der Waals surface area contributed by atoms with Crippen LogP contribution in [0.5, 0.6) is 0 Å². The molecular formula is C10H19N3O2. The minimum absolute atomic E-state index is 0.0529. The minimum Gasteiger partial charge on any atom is -0.354 e. The van der Waals surface area contributed by atoms with E-state index in [-0.39, 0.29) is 23.9 Å². The van der Waals surface area contributed by atoms with Crippen molar-refractivity contribution in [3.63, 3.8) is 0 Å². The van der Waals surface area contributed by atoms with Gasteiger partial charge < -0.3 is 15.5 Å². The van der Waals surface area contributed by atoms with Gasteiger partial charge in [-0.2, -0.15) is 0 Å². The van der Waals surface area contributed by atoms with Crippen molar-refractivity contribution < 1.29 is 9.59 Å². The second kappa shape index (κ2) is 5.11. The van der Waals surface area contributed by atoms with Crippen LogP contribution in [-0.4, -0.2) is 48.9 Å². The quantitative estimate of drug-likeness (QED) is 0.651. The predicted octanol–water partition coefficient (Wildman–Crippen LogP) is -0.669. The Balaban J connectivity index is 2.25. The van der Waals surface area contributed by atoms with E-state index in [2.05, 4.69) is 10.6 Å². The molecule has 1 aliphatic heterocycles. The topological polar surface area (TPSA) is 61.4 Å². The third kappa shape index (κ3) is 3.51. The Bertz CT molecular complexity index is 253. The summed E-state index contributed by atoms with van der Waals surface area (Å²) < 4.78 is 0. The lowest BCUT2D eigenvalue weighted by atomic mass is 10.2. The lowest BCUT2D eigenvalue weighted by Gasteiger charge is -2.22. The van der Waals surface area contributed by atoms with Gasteiger partial charge in [-0.1, -0.05) is 0 Å². The molecule has 2 amide bonds. The number of hydrogen-bond acceptors (Lipinski definition) is 3. The fraction of sp³-hybridized carbons (Fsp3) is 0.800. The molecule has 1 saturated heterocycles. The first-order chi connectivity index (χ1) is 7.00. The lowest BCUT2D eigenvalue weighted by Crippen LogP contribution is -2.43. The molecule has 0 aromatic heterocycles. The summed E-state index contributed by atoms with van der Waals surface area (Å²) in [6.45, 7) is 4.86. The molecule has 1 aliphatic rings. The summed E-state index contributed by atoms with van der Waals surface area (Å²) >= 11 is 0. The summed E-state index contributed by atoms with van der Waals surface area (Å²) in [4.78, 5) is 24.2. The molecule has 1 fully saturated rings. The van der Waals surface area contributed by atoms with Crippen LogP contribution < -0.4 is 10.6 Å². The van der Waals surface area contributed by atoms with Gasteiger partial charge in [0.15, 0.2) is 0 Å². The van der Waals surface area contributed by atoms with E-state index >= 15 is 0 Å². The van der Waals surface area contributed by atoms with Gasteiger partial charge in [-0.25, -0.2) is 0 Å². The zero-order valence-corrected chi connectivity index (χ0v) is 9.54. The first kappa shape index (κ1) is 12.0. The largest absolute Gasteiger partial charge is 0.354 e. The molecule has 1 unspecified atom stereocenters. The standard InChI is InChI=1S/C10H19N3O2/c1-7(2)13(3)10(15)6-11-8-4-9(14)12-5-8/h7-8,11H,4-6H2,1-3H3,(H,12,14). The smallest absolute Gasteiger partial charge is 0.236 e. The van der Waals surface area contributed by atoms with Crippen molar-refractivity contribution in [3.05, 3.63) is 0 Å². The number of nitrogens with zero attached hydrogens (tertiary/aromatic N) is 1. The summed E-state index contributed by atoms with van der Waals surface area (Å²) in [5.74, 6) is 0.113. The Morgan fingerprint density at radius 3 is 2.80 bits per heavy atom. The molecule has 0 aromatic carbocycles. The average molecular weight is 213 g/mol. The molecule has 2 N–H and O–H groups in total. The van der Waals surface area contributed by atoms with E-state index in [0.29, 0.717) is 19.5 Å². The number of hydrogen-bond donors (Lipinski definition) is 2. The Morgan fingerprint density at radius 1 is 1.67 bits per heavy atom. The molecular weight excluding hydrogens is 194 g/mol. The van der Waals surface area contributed by atoms with Crippen LogP contribution >= 0.6 is 0 Å². The fourth-order valence-corrected chi connectivity index (χ4v) is 1.39. The van der Waals surface area contributed by atoms with Crippen molar-refractivity contribution in [2.24, 2.45) is 0 Å². The maximum absolute atomic E-state index is 11.6. The van der Waals surface area contributed by atoms with Crippen LogP contribution in [0.1, 0.15) is 20.3 Å². The van der Waals surface area contributed by atoms with Gasteiger partial charge in [-0.3, -0.25) is 9.59 Å². The van der Waals surface area contributed by atoms with Crippen molar-refractivity contribution in [1.29, 1.82) is 0 Å². The van der Waals surface area contributed by atoms with E-state index in [0.717, 1.165) is 0 Å². The second-order valence-corrected chi connectivity index (χ2v) is 4.18. The molecule has 0 aromatic rings. The normalized spacial score (nSPS) is 20.5. The third-order valence-electron chi connectivity index (χ3n) is 2.69. The van der Waals surface area contributed by atoms with Gasteiger partial charge in [0.25, 0.3) is 0 Å². The zero-order valence-electron chi connectivity index (χ0n) is 9.54. The van der Waals surface area contributed by atoms with Crippen molar-refractivity contribution in [2.45, 2.75) is 32.4 Å². The van der Waals surface area contributed by atoms with Gasteiger partial charge in [0.05, 0.1) is 6.54 Å². The van der Waals surface area contributed by atoms with Gasteiger partial charge in [0.2, 0.25) is 11.8 Å². The Morgan fingerprint density at radius 2 is 2.33 bits per heavy atom. The van der Waals surface area contributed by atoms with Crippen LogP contribution in [-0.2, 0) is 9.59 Å². The van der Waals surface area contributed by atoms with Gasteiger partial charge in [-0.05, 0) is 13.8 Å². The molecule has 0 spiro atoms.